The Kier molecular flexibility index (Phi) is 6.39. The van der Waals surface area contributed by atoms with Crippen molar-refractivity contribution in [2.45, 2.75) is 0 Å². The number of halogens is 3. The summed E-state index contributed by atoms with van der Waals surface area (Å²) in [6.45, 7) is 3.47. The quantitative estimate of drug-likeness (QED) is 0.402. The normalized spacial score (nSPS) is 13.6. The topological polar surface area (TPSA) is 74.3 Å². The second-order valence-corrected chi connectivity index (χ2v) is 8.48. The highest BCUT2D eigenvalue weighted by molar-refractivity contribution is 6.11. The van der Waals surface area contributed by atoms with Gasteiger partial charge in [-0.25, -0.2) is 13.2 Å². The first-order valence-corrected chi connectivity index (χ1v) is 11.3. The van der Waals surface area contributed by atoms with E-state index in [0.717, 1.165) is 73.1 Å². The van der Waals surface area contributed by atoms with Crippen LogP contribution >= 0.6 is 0 Å². The predicted molar refractivity (Wildman–Crippen MR) is 131 cm³/mol. The fourth-order valence-electron chi connectivity index (χ4n) is 4.16. The number of pyridine rings is 1. The van der Waals surface area contributed by atoms with Gasteiger partial charge in [0.2, 0.25) is 0 Å². The summed E-state index contributed by atoms with van der Waals surface area (Å²) in [7, 11) is 0. The van der Waals surface area contributed by atoms with Gasteiger partial charge in [-0.3, -0.25) is 14.6 Å². The number of benzene rings is 3. The van der Waals surface area contributed by atoms with Crippen molar-refractivity contribution in [2.24, 2.45) is 0 Å². The Morgan fingerprint density at radius 1 is 0.833 bits per heavy atom. The number of nitrogens with one attached hydrogen (secondary N) is 2. The molecular weight excluding hydrogens is 469 g/mol. The van der Waals surface area contributed by atoms with Crippen LogP contribution in [0.2, 0.25) is 0 Å². The summed E-state index contributed by atoms with van der Waals surface area (Å²) < 4.78 is 41.0. The average Bonchev–Trinajstić information content (AvgIpc) is 2.89. The molecule has 5 rings (SSSR count). The number of hydrogen-bond donors (Lipinski definition) is 2. The van der Waals surface area contributed by atoms with E-state index in [1.807, 2.05) is 12.3 Å². The summed E-state index contributed by atoms with van der Waals surface area (Å²) in [6, 6.07) is 13.2. The zero-order chi connectivity index (χ0) is 25.2. The maximum absolute atomic E-state index is 14.4. The van der Waals surface area contributed by atoms with Crippen LogP contribution in [-0.4, -0.2) is 42.9 Å². The monoisotopic (exact) mass is 490 g/mol. The van der Waals surface area contributed by atoms with Crippen LogP contribution in [0.4, 0.5) is 24.5 Å². The van der Waals surface area contributed by atoms with Gasteiger partial charge in [0.25, 0.3) is 5.91 Å². The summed E-state index contributed by atoms with van der Waals surface area (Å²) in [5.41, 5.74) is 1.92. The fourth-order valence-corrected chi connectivity index (χ4v) is 4.16. The zero-order valence-corrected chi connectivity index (χ0v) is 19.0. The van der Waals surface area contributed by atoms with Crippen LogP contribution in [0, 0.1) is 17.5 Å². The molecule has 0 atom stereocenters. The second kappa shape index (κ2) is 9.79. The first-order valence-electron chi connectivity index (χ1n) is 11.3. The Morgan fingerprint density at radius 3 is 2.39 bits per heavy atom. The smallest absolute Gasteiger partial charge is 0.255 e. The first-order chi connectivity index (χ1) is 17.4. The molecule has 0 bridgehead atoms. The number of amides is 1. The molecular formula is C27H21F3N4O2. The van der Waals surface area contributed by atoms with E-state index in [4.69, 9.17) is 0 Å². The number of fused-ring (bicyclic) bond motifs is 1. The van der Waals surface area contributed by atoms with Crippen LogP contribution < -0.4 is 15.5 Å². The van der Waals surface area contributed by atoms with Crippen molar-refractivity contribution in [2.75, 3.05) is 36.4 Å². The molecule has 1 saturated heterocycles. The molecule has 182 valence electrons. The van der Waals surface area contributed by atoms with E-state index < -0.39 is 29.1 Å². The fraction of sp³-hybridized carbons (Fsp3) is 0.148. The highest BCUT2D eigenvalue weighted by Gasteiger charge is 2.16. The number of carbonyl (C=O) groups excluding carboxylic acids is 2. The molecule has 1 aliphatic rings. The Bertz CT molecular complexity index is 1490. The lowest BCUT2D eigenvalue weighted by Gasteiger charge is -2.29. The Labute approximate surface area is 204 Å². The van der Waals surface area contributed by atoms with Crippen LogP contribution in [0.25, 0.3) is 10.9 Å². The van der Waals surface area contributed by atoms with E-state index in [1.165, 1.54) is 6.07 Å². The largest absolute Gasteiger partial charge is 0.368 e. The van der Waals surface area contributed by atoms with Gasteiger partial charge in [-0.15, -0.1) is 0 Å². The number of aromatic nitrogens is 1. The van der Waals surface area contributed by atoms with Crippen molar-refractivity contribution in [1.82, 2.24) is 10.3 Å². The molecule has 1 aliphatic heterocycles. The van der Waals surface area contributed by atoms with Gasteiger partial charge in [0.05, 0.1) is 17.4 Å². The summed E-state index contributed by atoms with van der Waals surface area (Å²) in [5, 5.41) is 6.51. The maximum Gasteiger partial charge on any atom is 0.255 e. The average molecular weight is 490 g/mol. The molecule has 0 radical (unpaired) electrons. The number of ketones is 1. The van der Waals surface area contributed by atoms with Crippen molar-refractivity contribution < 1.29 is 22.8 Å². The molecule has 0 saturated carbocycles. The third kappa shape index (κ3) is 4.92. The first kappa shape index (κ1) is 23.5. The molecule has 0 unspecified atom stereocenters. The number of hydrogen-bond acceptors (Lipinski definition) is 5. The lowest BCUT2D eigenvalue weighted by molar-refractivity contribution is 0.102. The number of carbonyl (C=O) groups is 2. The molecule has 4 aromatic rings. The van der Waals surface area contributed by atoms with Gasteiger partial charge in [-0.2, -0.15) is 0 Å². The van der Waals surface area contributed by atoms with Crippen molar-refractivity contribution >= 4 is 34.0 Å². The van der Waals surface area contributed by atoms with Crippen molar-refractivity contribution in [3.05, 3.63) is 101 Å². The Morgan fingerprint density at radius 2 is 1.61 bits per heavy atom. The van der Waals surface area contributed by atoms with Gasteiger partial charge >= 0.3 is 0 Å². The molecule has 1 amide bonds. The van der Waals surface area contributed by atoms with E-state index in [2.05, 4.69) is 20.5 Å². The van der Waals surface area contributed by atoms with Gasteiger partial charge in [0.15, 0.2) is 17.4 Å². The third-order valence-electron chi connectivity index (χ3n) is 6.01. The highest BCUT2D eigenvalue weighted by atomic mass is 19.2. The van der Waals surface area contributed by atoms with Gasteiger partial charge in [0.1, 0.15) is 5.82 Å². The molecule has 6 nitrogen and oxygen atoms in total. The van der Waals surface area contributed by atoms with Gasteiger partial charge in [-0.05, 0) is 60.7 Å². The van der Waals surface area contributed by atoms with Crippen LogP contribution in [-0.2, 0) is 0 Å². The van der Waals surface area contributed by atoms with Gasteiger partial charge in [-0.1, -0.05) is 0 Å². The van der Waals surface area contributed by atoms with Crippen LogP contribution in [0.15, 0.2) is 66.9 Å². The zero-order valence-electron chi connectivity index (χ0n) is 19.0. The van der Waals surface area contributed by atoms with E-state index in [-0.39, 0.29) is 16.8 Å². The molecule has 1 aromatic heterocycles. The van der Waals surface area contributed by atoms with Crippen molar-refractivity contribution in [3.63, 3.8) is 0 Å². The van der Waals surface area contributed by atoms with Gasteiger partial charge in [0, 0.05) is 53.9 Å². The van der Waals surface area contributed by atoms with Gasteiger partial charge < -0.3 is 15.5 Å². The SMILES string of the molecule is O=C(Nc1cc(F)cc(C(=O)c2ccc3ncc(N4CCNCC4)cc3c2)c1)c1ccc(F)c(F)c1. The number of nitrogens with zero attached hydrogens (tertiary/aromatic N) is 2. The minimum Gasteiger partial charge on any atom is -0.368 e. The lowest BCUT2D eigenvalue weighted by Crippen LogP contribution is -2.43. The molecule has 0 aliphatic carbocycles. The third-order valence-corrected chi connectivity index (χ3v) is 6.01. The number of rotatable bonds is 5. The molecule has 2 N–H and O–H groups in total. The maximum atomic E-state index is 14.4. The highest BCUT2D eigenvalue weighted by Crippen LogP contribution is 2.24. The number of piperazine rings is 1. The van der Waals surface area contributed by atoms with E-state index >= 15 is 0 Å². The van der Waals surface area contributed by atoms with Crippen LogP contribution in [0.3, 0.4) is 0 Å². The molecule has 2 heterocycles. The lowest BCUT2D eigenvalue weighted by atomic mass is 10.0. The van der Waals surface area contributed by atoms with E-state index in [1.54, 1.807) is 18.2 Å². The summed E-state index contributed by atoms with van der Waals surface area (Å²) in [4.78, 5) is 32.3. The van der Waals surface area contributed by atoms with Crippen molar-refractivity contribution in [3.8, 4) is 0 Å². The van der Waals surface area contributed by atoms with Crippen molar-refractivity contribution in [1.29, 1.82) is 0 Å². The van der Waals surface area contributed by atoms with E-state index in [9.17, 15) is 22.8 Å². The number of anilines is 2. The molecule has 36 heavy (non-hydrogen) atoms. The summed E-state index contributed by atoms with van der Waals surface area (Å²) in [6.07, 6.45) is 1.81. The van der Waals surface area contributed by atoms with Crippen LogP contribution in [0.1, 0.15) is 26.3 Å². The molecule has 9 heteroatoms. The van der Waals surface area contributed by atoms with Crippen LogP contribution in [0.5, 0.6) is 0 Å². The minimum atomic E-state index is -1.18. The molecule has 3 aromatic carbocycles. The minimum absolute atomic E-state index is 0.0107. The second-order valence-electron chi connectivity index (χ2n) is 8.48. The Hall–Kier alpha value is -4.24. The molecule has 1 fully saturated rings. The standard InChI is InChI=1S/C27H21F3N4O2/c28-20-10-19(11-21(14-20)33-27(36)17-1-3-23(29)24(30)13-17)26(35)16-2-4-25-18(9-16)12-22(15-32-25)34-7-5-31-6-8-34/h1-4,9-15,31H,5-8H2,(H,33,36). The Balaban J connectivity index is 1.41. The molecule has 0 spiro atoms. The summed E-state index contributed by atoms with van der Waals surface area (Å²) >= 11 is 0. The predicted octanol–water partition coefficient (Wildman–Crippen LogP) is 4.55. The van der Waals surface area contributed by atoms with E-state index in [0.29, 0.717) is 5.56 Å². The summed E-state index contributed by atoms with van der Waals surface area (Å²) in [5.74, 6) is -4.20.